The summed E-state index contributed by atoms with van der Waals surface area (Å²) in [6.07, 6.45) is 3.54. The van der Waals surface area contributed by atoms with E-state index in [4.69, 9.17) is 9.47 Å². The van der Waals surface area contributed by atoms with E-state index < -0.39 is 10.0 Å². The van der Waals surface area contributed by atoms with Crippen LogP contribution in [0.1, 0.15) is 18.7 Å². The number of imidazole rings is 1. The molecule has 1 saturated heterocycles. The highest BCUT2D eigenvalue weighted by Crippen LogP contribution is 2.32. The predicted molar refractivity (Wildman–Crippen MR) is 113 cm³/mol. The number of pyridine rings is 1. The highest BCUT2D eigenvalue weighted by Gasteiger charge is 2.31. The Morgan fingerprint density at radius 1 is 1.17 bits per heavy atom. The Kier molecular flexibility index (Phi) is 5.66. The van der Waals surface area contributed by atoms with Crippen molar-refractivity contribution in [3.63, 3.8) is 0 Å². The van der Waals surface area contributed by atoms with Gasteiger partial charge >= 0.3 is 0 Å². The summed E-state index contributed by atoms with van der Waals surface area (Å²) in [4.78, 5) is 9.25. The molecule has 9 heteroatoms. The van der Waals surface area contributed by atoms with Crippen LogP contribution in [0.3, 0.4) is 0 Å². The molecule has 1 fully saturated rings. The number of aromatic nitrogens is 3. The van der Waals surface area contributed by atoms with Crippen LogP contribution in [-0.4, -0.2) is 54.6 Å². The van der Waals surface area contributed by atoms with Crippen LogP contribution < -0.4 is 9.47 Å². The zero-order valence-corrected chi connectivity index (χ0v) is 18.2. The van der Waals surface area contributed by atoms with E-state index in [1.165, 1.54) is 20.3 Å². The van der Waals surface area contributed by atoms with Gasteiger partial charge in [-0.15, -0.1) is 0 Å². The zero-order valence-electron chi connectivity index (χ0n) is 17.4. The van der Waals surface area contributed by atoms with Gasteiger partial charge in [0.1, 0.15) is 11.3 Å². The minimum Gasteiger partial charge on any atom is -0.493 e. The summed E-state index contributed by atoms with van der Waals surface area (Å²) in [5.74, 6) is 1.98. The number of benzene rings is 1. The predicted octanol–water partition coefficient (Wildman–Crippen LogP) is 2.86. The van der Waals surface area contributed by atoms with E-state index >= 15 is 0 Å². The Labute approximate surface area is 176 Å². The third-order valence-electron chi connectivity index (χ3n) is 5.61. The van der Waals surface area contributed by atoms with E-state index in [0.29, 0.717) is 31.1 Å². The molecule has 30 heavy (non-hydrogen) atoms. The number of sulfonamides is 1. The van der Waals surface area contributed by atoms with Crippen LogP contribution in [0.25, 0.3) is 11.2 Å². The van der Waals surface area contributed by atoms with Crippen molar-refractivity contribution in [1.29, 1.82) is 0 Å². The summed E-state index contributed by atoms with van der Waals surface area (Å²) in [5, 5.41) is 0. The van der Waals surface area contributed by atoms with Crippen molar-refractivity contribution in [2.45, 2.75) is 31.2 Å². The van der Waals surface area contributed by atoms with E-state index in [1.54, 1.807) is 22.6 Å². The van der Waals surface area contributed by atoms with Gasteiger partial charge in [0.2, 0.25) is 10.0 Å². The molecule has 160 valence electrons. The lowest BCUT2D eigenvalue weighted by Crippen LogP contribution is -2.41. The lowest BCUT2D eigenvalue weighted by Gasteiger charge is -2.32. The molecule has 2 aromatic heterocycles. The van der Waals surface area contributed by atoms with E-state index in [2.05, 4.69) is 14.5 Å². The second kappa shape index (κ2) is 8.23. The number of rotatable bonds is 6. The highest BCUT2D eigenvalue weighted by molar-refractivity contribution is 7.89. The standard InChI is InChI=1S/C21H26N4O4S/c1-15-23-18-7-4-10-22-21(18)25(15)14-16-6-5-11-24(13-16)30(26,27)17-8-9-19(28-2)20(12-17)29-3/h4,7-10,12,16H,5-6,11,13-14H2,1-3H3. The minimum absolute atomic E-state index is 0.187. The van der Waals surface area contributed by atoms with Gasteiger partial charge in [-0.2, -0.15) is 4.31 Å². The van der Waals surface area contributed by atoms with Crippen molar-refractivity contribution in [1.82, 2.24) is 18.8 Å². The van der Waals surface area contributed by atoms with Crippen LogP contribution in [0.15, 0.2) is 41.4 Å². The first-order chi connectivity index (χ1) is 14.4. The molecule has 8 nitrogen and oxygen atoms in total. The molecule has 0 saturated carbocycles. The van der Waals surface area contributed by atoms with Crippen molar-refractivity contribution in [2.75, 3.05) is 27.3 Å². The largest absolute Gasteiger partial charge is 0.493 e. The Hall–Kier alpha value is -2.65. The van der Waals surface area contributed by atoms with Crippen LogP contribution in [0.2, 0.25) is 0 Å². The first-order valence-corrected chi connectivity index (χ1v) is 11.4. The van der Waals surface area contributed by atoms with Gasteiger partial charge in [-0.3, -0.25) is 0 Å². The molecule has 1 unspecified atom stereocenters. The van der Waals surface area contributed by atoms with Gasteiger partial charge in [0.15, 0.2) is 17.1 Å². The maximum absolute atomic E-state index is 13.3. The summed E-state index contributed by atoms with van der Waals surface area (Å²) in [7, 11) is -0.604. The third kappa shape index (κ3) is 3.75. The van der Waals surface area contributed by atoms with Gasteiger partial charge in [0.05, 0.1) is 19.1 Å². The topological polar surface area (TPSA) is 86.6 Å². The number of hydrogen-bond donors (Lipinski definition) is 0. The number of aryl methyl sites for hydroxylation is 1. The van der Waals surface area contributed by atoms with E-state index in [0.717, 1.165) is 29.8 Å². The van der Waals surface area contributed by atoms with Crippen molar-refractivity contribution >= 4 is 21.2 Å². The monoisotopic (exact) mass is 430 g/mol. The van der Waals surface area contributed by atoms with Crippen molar-refractivity contribution in [2.24, 2.45) is 5.92 Å². The number of nitrogens with zero attached hydrogens (tertiary/aromatic N) is 4. The summed E-state index contributed by atoms with van der Waals surface area (Å²) < 4.78 is 40.7. The summed E-state index contributed by atoms with van der Waals surface area (Å²) in [5.41, 5.74) is 1.70. The van der Waals surface area contributed by atoms with Crippen molar-refractivity contribution < 1.29 is 17.9 Å². The lowest BCUT2D eigenvalue weighted by atomic mass is 9.99. The van der Waals surface area contributed by atoms with Crippen LogP contribution in [0, 0.1) is 12.8 Å². The molecule has 0 radical (unpaired) electrons. The first kappa shape index (κ1) is 20.6. The molecule has 3 heterocycles. The highest BCUT2D eigenvalue weighted by atomic mass is 32.2. The number of fused-ring (bicyclic) bond motifs is 1. The summed E-state index contributed by atoms with van der Waals surface area (Å²) in [6, 6.07) is 8.53. The van der Waals surface area contributed by atoms with Gasteiger partial charge in [0.25, 0.3) is 0 Å². The van der Waals surface area contributed by atoms with Crippen LogP contribution in [-0.2, 0) is 16.6 Å². The molecule has 0 N–H and O–H groups in total. The first-order valence-electron chi connectivity index (χ1n) is 9.94. The average molecular weight is 431 g/mol. The summed E-state index contributed by atoms with van der Waals surface area (Å²) >= 11 is 0. The van der Waals surface area contributed by atoms with Crippen molar-refractivity contribution in [3.05, 3.63) is 42.4 Å². The zero-order chi connectivity index (χ0) is 21.3. The molecule has 3 aromatic rings. The number of hydrogen-bond acceptors (Lipinski definition) is 6. The smallest absolute Gasteiger partial charge is 0.243 e. The third-order valence-corrected chi connectivity index (χ3v) is 7.47. The van der Waals surface area contributed by atoms with Gasteiger partial charge in [-0.1, -0.05) is 0 Å². The van der Waals surface area contributed by atoms with Gasteiger partial charge < -0.3 is 14.0 Å². The molecule has 0 amide bonds. The molecular weight excluding hydrogens is 404 g/mol. The van der Waals surface area contributed by atoms with Crippen LogP contribution in [0.4, 0.5) is 0 Å². The van der Waals surface area contributed by atoms with Gasteiger partial charge in [-0.25, -0.2) is 18.4 Å². The van der Waals surface area contributed by atoms with E-state index in [-0.39, 0.29) is 10.8 Å². The molecular formula is C21H26N4O4S. The number of piperidine rings is 1. The van der Waals surface area contributed by atoms with Crippen LogP contribution in [0.5, 0.6) is 11.5 Å². The Morgan fingerprint density at radius 3 is 2.73 bits per heavy atom. The quantitative estimate of drug-likeness (QED) is 0.598. The molecule has 0 aliphatic carbocycles. The Bertz CT molecular complexity index is 1160. The fourth-order valence-corrected chi connectivity index (χ4v) is 5.64. The second-order valence-electron chi connectivity index (χ2n) is 7.50. The van der Waals surface area contributed by atoms with Gasteiger partial charge in [0, 0.05) is 31.9 Å². The molecule has 1 aromatic carbocycles. The number of methoxy groups -OCH3 is 2. The molecule has 1 aliphatic rings. The van der Waals surface area contributed by atoms with Crippen LogP contribution >= 0.6 is 0 Å². The molecule has 4 rings (SSSR count). The fraction of sp³-hybridized carbons (Fsp3) is 0.429. The molecule has 1 aliphatic heterocycles. The second-order valence-corrected chi connectivity index (χ2v) is 9.44. The maximum atomic E-state index is 13.3. The minimum atomic E-state index is -3.63. The van der Waals surface area contributed by atoms with E-state index in [1.807, 2.05) is 19.1 Å². The normalized spacial score (nSPS) is 17.9. The number of ether oxygens (including phenoxy) is 2. The maximum Gasteiger partial charge on any atom is 0.243 e. The van der Waals surface area contributed by atoms with Crippen molar-refractivity contribution in [3.8, 4) is 11.5 Å². The molecule has 0 bridgehead atoms. The SMILES string of the molecule is COc1ccc(S(=O)(=O)N2CCCC(Cn3c(C)nc4cccnc43)C2)cc1OC. The Morgan fingerprint density at radius 2 is 1.97 bits per heavy atom. The lowest BCUT2D eigenvalue weighted by molar-refractivity contribution is 0.245. The van der Waals surface area contributed by atoms with E-state index in [9.17, 15) is 8.42 Å². The molecule has 1 atom stereocenters. The Balaban J connectivity index is 1.57. The fourth-order valence-electron chi connectivity index (χ4n) is 4.07. The molecule has 0 spiro atoms. The van der Waals surface area contributed by atoms with Gasteiger partial charge in [-0.05, 0) is 49.9 Å². The average Bonchev–Trinajstić information content (AvgIpc) is 3.08. The summed E-state index contributed by atoms with van der Waals surface area (Å²) in [6.45, 7) is 3.62.